The van der Waals surface area contributed by atoms with Crippen molar-refractivity contribution in [2.45, 2.75) is 26.8 Å². The van der Waals surface area contributed by atoms with E-state index in [2.05, 4.69) is 10.6 Å². The third-order valence-corrected chi connectivity index (χ3v) is 3.15. The lowest BCUT2D eigenvalue weighted by molar-refractivity contribution is 0.0910. The Balaban J connectivity index is 1.84. The lowest BCUT2D eigenvalue weighted by atomic mass is 10.2. The summed E-state index contributed by atoms with van der Waals surface area (Å²) >= 11 is 0. The molecule has 1 atom stereocenters. The molecule has 2 rings (SSSR count). The number of aryl methyl sites for hydroxylation is 2. The van der Waals surface area contributed by atoms with Gasteiger partial charge in [0, 0.05) is 12.6 Å². The van der Waals surface area contributed by atoms with Crippen molar-refractivity contribution in [3.8, 4) is 0 Å². The number of furan rings is 2. The molecule has 0 aromatic carbocycles. The van der Waals surface area contributed by atoms with Crippen molar-refractivity contribution in [3.63, 3.8) is 0 Å². The van der Waals surface area contributed by atoms with Crippen LogP contribution >= 0.6 is 0 Å². The van der Waals surface area contributed by atoms with Crippen LogP contribution in [0.3, 0.4) is 0 Å². The Kier molecular flexibility index (Phi) is 4.47. The number of rotatable bonds is 5. The molecule has 0 spiro atoms. The monoisotopic (exact) mass is 290 g/mol. The van der Waals surface area contributed by atoms with Crippen molar-refractivity contribution in [1.82, 2.24) is 10.6 Å². The Morgan fingerprint density at radius 1 is 1.05 bits per heavy atom. The third-order valence-electron chi connectivity index (χ3n) is 3.15. The predicted octanol–water partition coefficient (Wildman–Crippen LogP) is 2.04. The van der Waals surface area contributed by atoms with E-state index in [1.807, 2.05) is 6.92 Å². The molecule has 0 radical (unpaired) electrons. The summed E-state index contributed by atoms with van der Waals surface area (Å²) in [5.74, 6) is 0.695. The quantitative estimate of drug-likeness (QED) is 0.882. The molecule has 2 aromatic heterocycles. The predicted molar refractivity (Wildman–Crippen MR) is 76.2 cm³/mol. The van der Waals surface area contributed by atoms with E-state index in [1.54, 1.807) is 26.0 Å². The summed E-state index contributed by atoms with van der Waals surface area (Å²) in [5, 5.41) is 5.56. The molecule has 2 N–H and O–H groups in total. The molecule has 1 unspecified atom stereocenters. The maximum Gasteiger partial charge on any atom is 0.255 e. The van der Waals surface area contributed by atoms with Gasteiger partial charge in [0.2, 0.25) is 0 Å². The summed E-state index contributed by atoms with van der Waals surface area (Å²) in [5.41, 5.74) is 0.998. The van der Waals surface area contributed by atoms with Crippen LogP contribution in [0.5, 0.6) is 0 Å². The average Bonchev–Trinajstić information content (AvgIpc) is 3.04. The first-order chi connectivity index (χ1) is 9.99. The molecular weight excluding hydrogens is 272 g/mol. The van der Waals surface area contributed by atoms with Crippen LogP contribution in [0.4, 0.5) is 0 Å². The van der Waals surface area contributed by atoms with E-state index in [-0.39, 0.29) is 17.9 Å². The van der Waals surface area contributed by atoms with Crippen LogP contribution in [0, 0.1) is 13.8 Å². The zero-order valence-corrected chi connectivity index (χ0v) is 12.2. The molecule has 0 saturated carbocycles. The minimum Gasteiger partial charge on any atom is -0.469 e. The lowest BCUT2D eigenvalue weighted by Gasteiger charge is -2.14. The number of hydrogen-bond donors (Lipinski definition) is 2. The molecule has 21 heavy (non-hydrogen) atoms. The highest BCUT2D eigenvalue weighted by atomic mass is 16.3. The lowest BCUT2D eigenvalue weighted by Crippen LogP contribution is -2.41. The standard InChI is InChI=1S/C15H18N2O4/c1-9(17-15(19)13-5-7-21-11(13)3)8-16-14(18)12-4-6-20-10(12)2/h4-7,9H,8H2,1-3H3,(H,16,18)(H,17,19). The van der Waals surface area contributed by atoms with Gasteiger partial charge in [0.1, 0.15) is 11.5 Å². The van der Waals surface area contributed by atoms with E-state index in [9.17, 15) is 9.59 Å². The zero-order chi connectivity index (χ0) is 15.4. The molecule has 112 valence electrons. The van der Waals surface area contributed by atoms with Crippen LogP contribution in [-0.4, -0.2) is 24.4 Å². The van der Waals surface area contributed by atoms with Gasteiger partial charge in [0.25, 0.3) is 11.8 Å². The van der Waals surface area contributed by atoms with Crippen molar-refractivity contribution < 1.29 is 18.4 Å². The van der Waals surface area contributed by atoms with Gasteiger partial charge in [-0.25, -0.2) is 0 Å². The summed E-state index contributed by atoms with van der Waals surface area (Å²) in [6.45, 7) is 5.59. The van der Waals surface area contributed by atoms with Gasteiger partial charge in [0.15, 0.2) is 0 Å². The Morgan fingerprint density at radius 2 is 1.57 bits per heavy atom. The molecule has 2 heterocycles. The highest BCUT2D eigenvalue weighted by Gasteiger charge is 2.16. The zero-order valence-electron chi connectivity index (χ0n) is 12.2. The molecule has 2 amide bonds. The smallest absolute Gasteiger partial charge is 0.255 e. The summed E-state index contributed by atoms with van der Waals surface area (Å²) < 4.78 is 10.2. The number of amides is 2. The number of carbonyl (C=O) groups is 2. The van der Waals surface area contributed by atoms with Crippen molar-refractivity contribution in [2.24, 2.45) is 0 Å². The van der Waals surface area contributed by atoms with Gasteiger partial charge in [-0.1, -0.05) is 0 Å². The summed E-state index contributed by atoms with van der Waals surface area (Å²) in [7, 11) is 0. The van der Waals surface area contributed by atoms with E-state index in [0.717, 1.165) is 0 Å². The topological polar surface area (TPSA) is 84.5 Å². The second kappa shape index (κ2) is 6.30. The Hall–Kier alpha value is -2.50. The van der Waals surface area contributed by atoms with Crippen LogP contribution in [0.15, 0.2) is 33.5 Å². The molecule has 0 aliphatic rings. The molecule has 0 aliphatic carbocycles. The van der Waals surface area contributed by atoms with E-state index in [4.69, 9.17) is 8.83 Å². The molecule has 2 aromatic rings. The fraction of sp³-hybridized carbons (Fsp3) is 0.333. The minimum atomic E-state index is -0.221. The first-order valence-corrected chi connectivity index (χ1v) is 6.66. The molecule has 0 saturated heterocycles. The van der Waals surface area contributed by atoms with Gasteiger partial charge in [-0.05, 0) is 32.9 Å². The van der Waals surface area contributed by atoms with E-state index < -0.39 is 0 Å². The minimum absolute atomic E-state index is 0.206. The maximum absolute atomic E-state index is 12.0. The third kappa shape index (κ3) is 3.53. The van der Waals surface area contributed by atoms with Gasteiger partial charge < -0.3 is 19.5 Å². The highest BCUT2D eigenvalue weighted by molar-refractivity contribution is 5.96. The summed E-state index contributed by atoms with van der Waals surface area (Å²) in [4.78, 5) is 23.9. The fourth-order valence-corrected chi connectivity index (χ4v) is 1.93. The van der Waals surface area contributed by atoms with Crippen LogP contribution < -0.4 is 10.6 Å². The number of hydrogen-bond acceptors (Lipinski definition) is 4. The second-order valence-electron chi connectivity index (χ2n) is 4.87. The first-order valence-electron chi connectivity index (χ1n) is 6.66. The van der Waals surface area contributed by atoms with Crippen LogP contribution in [0.25, 0.3) is 0 Å². The summed E-state index contributed by atoms with van der Waals surface area (Å²) in [6.07, 6.45) is 2.94. The molecular formula is C15H18N2O4. The SMILES string of the molecule is Cc1occc1C(=O)NCC(C)NC(=O)c1ccoc1C. The molecule has 0 bridgehead atoms. The largest absolute Gasteiger partial charge is 0.469 e. The van der Waals surface area contributed by atoms with Crippen molar-refractivity contribution >= 4 is 11.8 Å². The Morgan fingerprint density at radius 3 is 2.05 bits per heavy atom. The highest BCUT2D eigenvalue weighted by Crippen LogP contribution is 2.09. The van der Waals surface area contributed by atoms with Crippen LogP contribution in [-0.2, 0) is 0 Å². The van der Waals surface area contributed by atoms with Crippen molar-refractivity contribution in [1.29, 1.82) is 0 Å². The average molecular weight is 290 g/mol. The van der Waals surface area contributed by atoms with Crippen molar-refractivity contribution in [3.05, 3.63) is 47.3 Å². The van der Waals surface area contributed by atoms with Gasteiger partial charge in [-0.15, -0.1) is 0 Å². The fourth-order valence-electron chi connectivity index (χ4n) is 1.93. The Bertz CT molecular complexity index is 642. The van der Waals surface area contributed by atoms with Crippen molar-refractivity contribution in [2.75, 3.05) is 6.54 Å². The number of carbonyl (C=O) groups excluding carboxylic acids is 2. The molecule has 6 heteroatoms. The van der Waals surface area contributed by atoms with Gasteiger partial charge >= 0.3 is 0 Å². The first kappa shape index (κ1) is 14.9. The van der Waals surface area contributed by atoms with Crippen LogP contribution in [0.2, 0.25) is 0 Å². The second-order valence-corrected chi connectivity index (χ2v) is 4.87. The van der Waals surface area contributed by atoms with Crippen LogP contribution in [0.1, 0.15) is 39.2 Å². The number of nitrogens with one attached hydrogen (secondary N) is 2. The summed E-state index contributed by atoms with van der Waals surface area (Å²) in [6, 6.07) is 3.02. The van der Waals surface area contributed by atoms with Gasteiger partial charge in [-0.3, -0.25) is 9.59 Å². The molecule has 0 aliphatic heterocycles. The van der Waals surface area contributed by atoms with E-state index in [1.165, 1.54) is 12.5 Å². The maximum atomic E-state index is 12.0. The molecule has 6 nitrogen and oxygen atoms in total. The van der Waals surface area contributed by atoms with E-state index >= 15 is 0 Å². The van der Waals surface area contributed by atoms with Gasteiger partial charge in [-0.2, -0.15) is 0 Å². The van der Waals surface area contributed by atoms with E-state index in [0.29, 0.717) is 29.2 Å². The normalized spacial score (nSPS) is 12.0. The molecule has 0 fully saturated rings. The Labute approximate surface area is 122 Å². The van der Waals surface area contributed by atoms with Gasteiger partial charge in [0.05, 0.1) is 23.7 Å².